The van der Waals surface area contributed by atoms with E-state index < -0.39 is 0 Å². The van der Waals surface area contributed by atoms with Gasteiger partial charge in [0.1, 0.15) is 5.75 Å². The van der Waals surface area contributed by atoms with Crippen LogP contribution in [0, 0.1) is 6.92 Å². The van der Waals surface area contributed by atoms with Crippen molar-refractivity contribution in [3.05, 3.63) is 29.3 Å². The van der Waals surface area contributed by atoms with Gasteiger partial charge >= 0.3 is 0 Å². The van der Waals surface area contributed by atoms with Gasteiger partial charge in [-0.05, 0) is 26.0 Å². The first-order valence-electron chi connectivity index (χ1n) is 4.30. The molecule has 0 bridgehead atoms. The van der Waals surface area contributed by atoms with Gasteiger partial charge < -0.3 is 10.4 Å². The summed E-state index contributed by atoms with van der Waals surface area (Å²) in [7, 11) is 0. The van der Waals surface area contributed by atoms with Crippen LogP contribution in [0.15, 0.2) is 18.2 Å². The molecule has 1 aromatic carbocycles. The van der Waals surface area contributed by atoms with E-state index in [0.717, 1.165) is 18.5 Å². The second kappa shape index (κ2) is 2.79. The Kier molecular flexibility index (Phi) is 1.77. The summed E-state index contributed by atoms with van der Waals surface area (Å²) in [6.07, 6.45) is 1.14. The van der Waals surface area contributed by atoms with Gasteiger partial charge in [-0.1, -0.05) is 17.7 Å². The average molecular weight is 163 g/mol. The highest BCUT2D eigenvalue weighted by Crippen LogP contribution is 2.30. The Bertz CT molecular complexity index is 292. The molecule has 2 N–H and O–H groups in total. The highest BCUT2D eigenvalue weighted by molar-refractivity contribution is 5.38. The van der Waals surface area contributed by atoms with E-state index in [2.05, 4.69) is 5.32 Å². The van der Waals surface area contributed by atoms with E-state index in [0.29, 0.717) is 11.8 Å². The average Bonchev–Trinajstić information content (AvgIpc) is 1.93. The van der Waals surface area contributed by atoms with Crippen molar-refractivity contribution in [2.45, 2.75) is 19.4 Å². The summed E-state index contributed by atoms with van der Waals surface area (Å²) in [5.74, 6) is 0.415. The number of phenols is 1. The van der Waals surface area contributed by atoms with Gasteiger partial charge in [-0.2, -0.15) is 0 Å². The maximum atomic E-state index is 9.53. The Morgan fingerprint density at radius 2 is 2.25 bits per heavy atom. The van der Waals surface area contributed by atoms with Gasteiger partial charge in [-0.25, -0.2) is 0 Å². The predicted molar refractivity (Wildman–Crippen MR) is 48.2 cm³/mol. The number of benzene rings is 1. The van der Waals surface area contributed by atoms with Gasteiger partial charge in [-0.15, -0.1) is 0 Å². The molecule has 1 fully saturated rings. The molecular formula is C10H13NO. The molecule has 0 saturated carbocycles. The standard InChI is InChI=1S/C10H13NO/c1-7-2-3-10(12)8(6-7)9-4-5-11-9/h2-3,6,9,11-12H,4-5H2,1H3. The fourth-order valence-corrected chi connectivity index (χ4v) is 1.51. The number of aryl methyl sites for hydroxylation is 1. The summed E-state index contributed by atoms with van der Waals surface area (Å²) in [6, 6.07) is 6.12. The van der Waals surface area contributed by atoms with Gasteiger partial charge in [0.2, 0.25) is 0 Å². The molecule has 0 spiro atoms. The maximum Gasteiger partial charge on any atom is 0.120 e. The Balaban J connectivity index is 2.34. The van der Waals surface area contributed by atoms with E-state index in [9.17, 15) is 5.11 Å². The molecule has 1 atom stereocenters. The van der Waals surface area contributed by atoms with Crippen LogP contribution in [0.1, 0.15) is 23.6 Å². The third-order valence-electron chi connectivity index (χ3n) is 2.38. The molecule has 0 radical (unpaired) electrons. The lowest BCUT2D eigenvalue weighted by Gasteiger charge is -2.28. The monoisotopic (exact) mass is 163 g/mol. The number of rotatable bonds is 1. The van der Waals surface area contributed by atoms with E-state index in [1.165, 1.54) is 5.56 Å². The molecule has 1 aliphatic heterocycles. The molecule has 2 rings (SSSR count). The van der Waals surface area contributed by atoms with Crippen molar-refractivity contribution in [1.29, 1.82) is 0 Å². The second-order valence-corrected chi connectivity index (χ2v) is 3.36. The van der Waals surface area contributed by atoms with E-state index >= 15 is 0 Å². The van der Waals surface area contributed by atoms with Gasteiger partial charge in [0.05, 0.1) is 0 Å². The van der Waals surface area contributed by atoms with Crippen molar-refractivity contribution < 1.29 is 5.11 Å². The Morgan fingerprint density at radius 1 is 1.50 bits per heavy atom. The van der Waals surface area contributed by atoms with Crippen molar-refractivity contribution in [3.63, 3.8) is 0 Å². The summed E-state index contributed by atoms with van der Waals surface area (Å²) in [6.45, 7) is 3.11. The fraction of sp³-hybridized carbons (Fsp3) is 0.400. The first kappa shape index (κ1) is 7.62. The highest BCUT2D eigenvalue weighted by Gasteiger charge is 2.20. The molecule has 0 amide bonds. The Morgan fingerprint density at radius 3 is 2.83 bits per heavy atom. The second-order valence-electron chi connectivity index (χ2n) is 3.36. The van der Waals surface area contributed by atoms with Crippen molar-refractivity contribution in [2.75, 3.05) is 6.54 Å². The third-order valence-corrected chi connectivity index (χ3v) is 2.38. The molecule has 1 unspecified atom stereocenters. The lowest BCUT2D eigenvalue weighted by atomic mass is 9.96. The minimum Gasteiger partial charge on any atom is -0.508 e. The summed E-state index contributed by atoms with van der Waals surface area (Å²) in [4.78, 5) is 0. The quantitative estimate of drug-likeness (QED) is 0.661. The van der Waals surface area contributed by atoms with Crippen LogP contribution < -0.4 is 5.32 Å². The van der Waals surface area contributed by atoms with Gasteiger partial charge in [0, 0.05) is 11.6 Å². The fourth-order valence-electron chi connectivity index (χ4n) is 1.51. The summed E-state index contributed by atoms with van der Waals surface area (Å²) >= 11 is 0. The van der Waals surface area contributed by atoms with Crippen molar-refractivity contribution in [2.24, 2.45) is 0 Å². The highest BCUT2D eigenvalue weighted by atomic mass is 16.3. The normalized spacial score (nSPS) is 21.9. The van der Waals surface area contributed by atoms with Crippen LogP contribution in [0.25, 0.3) is 0 Å². The van der Waals surface area contributed by atoms with E-state index in [1.54, 1.807) is 6.07 Å². The zero-order valence-electron chi connectivity index (χ0n) is 7.17. The van der Waals surface area contributed by atoms with Gasteiger partial charge in [0.25, 0.3) is 0 Å². The molecule has 0 aliphatic carbocycles. The number of hydrogen-bond acceptors (Lipinski definition) is 2. The first-order chi connectivity index (χ1) is 5.77. The van der Waals surface area contributed by atoms with Gasteiger partial charge in [0.15, 0.2) is 0 Å². The molecule has 1 heterocycles. The molecule has 2 nitrogen and oxygen atoms in total. The minimum absolute atomic E-state index is 0.380. The molecule has 0 aromatic heterocycles. The van der Waals surface area contributed by atoms with Crippen LogP contribution in [0.2, 0.25) is 0 Å². The van der Waals surface area contributed by atoms with E-state index in [1.807, 2.05) is 19.1 Å². The predicted octanol–water partition coefficient (Wildman–Crippen LogP) is 1.74. The van der Waals surface area contributed by atoms with Crippen molar-refractivity contribution in [3.8, 4) is 5.75 Å². The molecular weight excluding hydrogens is 150 g/mol. The smallest absolute Gasteiger partial charge is 0.120 e. The minimum atomic E-state index is 0.380. The van der Waals surface area contributed by atoms with Crippen LogP contribution >= 0.6 is 0 Å². The van der Waals surface area contributed by atoms with Gasteiger partial charge in [-0.3, -0.25) is 0 Å². The SMILES string of the molecule is Cc1ccc(O)c(C2CCN2)c1. The molecule has 1 aromatic rings. The lowest BCUT2D eigenvalue weighted by Crippen LogP contribution is -2.34. The number of phenolic OH excluding ortho intramolecular Hbond substituents is 1. The summed E-state index contributed by atoms with van der Waals surface area (Å²) < 4.78 is 0. The molecule has 2 heteroatoms. The van der Waals surface area contributed by atoms with Crippen molar-refractivity contribution >= 4 is 0 Å². The Hall–Kier alpha value is -1.02. The third kappa shape index (κ3) is 1.18. The molecule has 1 aliphatic rings. The molecule has 64 valence electrons. The van der Waals surface area contributed by atoms with E-state index in [4.69, 9.17) is 0 Å². The maximum absolute atomic E-state index is 9.53. The summed E-state index contributed by atoms with van der Waals surface area (Å²) in [5.41, 5.74) is 2.25. The summed E-state index contributed by atoms with van der Waals surface area (Å²) in [5, 5.41) is 12.8. The van der Waals surface area contributed by atoms with Crippen molar-refractivity contribution in [1.82, 2.24) is 5.32 Å². The van der Waals surface area contributed by atoms with Crippen LogP contribution in [0.3, 0.4) is 0 Å². The van der Waals surface area contributed by atoms with Crippen LogP contribution in [-0.4, -0.2) is 11.7 Å². The van der Waals surface area contributed by atoms with Crippen LogP contribution in [0.4, 0.5) is 0 Å². The Labute approximate surface area is 72.2 Å². The number of aromatic hydroxyl groups is 1. The zero-order valence-corrected chi connectivity index (χ0v) is 7.17. The number of nitrogens with one attached hydrogen (secondary N) is 1. The molecule has 1 saturated heterocycles. The zero-order chi connectivity index (χ0) is 8.55. The van der Waals surface area contributed by atoms with Crippen LogP contribution in [-0.2, 0) is 0 Å². The topological polar surface area (TPSA) is 32.3 Å². The molecule has 12 heavy (non-hydrogen) atoms. The number of hydrogen-bond donors (Lipinski definition) is 2. The lowest BCUT2D eigenvalue weighted by molar-refractivity contribution is 0.364. The first-order valence-corrected chi connectivity index (χ1v) is 4.30. The largest absolute Gasteiger partial charge is 0.508 e. The van der Waals surface area contributed by atoms with Crippen LogP contribution in [0.5, 0.6) is 5.75 Å². The van der Waals surface area contributed by atoms with E-state index in [-0.39, 0.29) is 0 Å².